The van der Waals surface area contributed by atoms with Crippen LogP contribution in [0.25, 0.3) is 22.2 Å². The molecule has 2 saturated heterocycles. The van der Waals surface area contributed by atoms with Crippen LogP contribution in [0.2, 0.25) is 0 Å². The van der Waals surface area contributed by atoms with E-state index in [1.165, 1.54) is 13.1 Å². The van der Waals surface area contributed by atoms with Gasteiger partial charge in [0.15, 0.2) is 5.82 Å². The van der Waals surface area contributed by atoms with Crippen molar-refractivity contribution in [1.82, 2.24) is 25.3 Å². The van der Waals surface area contributed by atoms with Crippen LogP contribution < -0.4 is 4.90 Å². The Morgan fingerprint density at radius 2 is 1.44 bits per heavy atom. The number of anilines is 1. The molecule has 16 heteroatoms. The van der Waals surface area contributed by atoms with Gasteiger partial charge in [-0.15, -0.1) is 10.2 Å². The molecule has 0 amide bonds. The number of fused-ring (bicyclic) bond motifs is 2. The van der Waals surface area contributed by atoms with E-state index >= 15 is 0 Å². The summed E-state index contributed by atoms with van der Waals surface area (Å²) in [7, 11) is 2.22. The van der Waals surface area contributed by atoms with Crippen LogP contribution in [-0.2, 0) is 9.59 Å². The molecule has 39 heavy (non-hydrogen) atoms. The van der Waals surface area contributed by atoms with Gasteiger partial charge >= 0.3 is 24.3 Å². The molecule has 4 heterocycles. The summed E-state index contributed by atoms with van der Waals surface area (Å²) >= 11 is 0. The maximum atomic E-state index is 10.6. The van der Waals surface area contributed by atoms with Crippen molar-refractivity contribution in [2.24, 2.45) is 11.8 Å². The molecule has 3 aromatic rings. The van der Waals surface area contributed by atoms with Crippen molar-refractivity contribution in [1.29, 1.82) is 0 Å². The number of carboxylic acids is 2. The third kappa shape index (κ3) is 7.55. The van der Waals surface area contributed by atoms with Gasteiger partial charge in [-0.1, -0.05) is 6.07 Å². The van der Waals surface area contributed by atoms with Gasteiger partial charge in [0, 0.05) is 42.8 Å². The standard InChI is InChI=1S/C19H22N6.2C2HF3O2/c1-12-16-7-13(3-4-18(16)22-20-12)17-5-6-19(23-21-17)25-10-14-8-24(2)9-15(14)11-25;2*3-2(4,5)1(6)7/h3-7,14-15H,8-11H2,1-2H3,(H,20,22);2*(H,6,7). The first-order valence-corrected chi connectivity index (χ1v) is 11.4. The molecule has 2 aromatic heterocycles. The number of aromatic nitrogens is 4. The second-order valence-electron chi connectivity index (χ2n) is 9.11. The SMILES string of the molecule is Cc1[nH]nc2ccc(-c3ccc(N4CC5CN(C)CC5C4)nn3)cc12.O=C(O)C(F)(F)F.O=C(O)C(F)(F)F. The number of alkyl halides is 6. The number of halogens is 6. The van der Waals surface area contributed by atoms with Crippen molar-refractivity contribution in [3.8, 4) is 11.3 Å². The van der Waals surface area contributed by atoms with Crippen LogP contribution in [0, 0.1) is 18.8 Å². The van der Waals surface area contributed by atoms with E-state index in [4.69, 9.17) is 19.8 Å². The van der Waals surface area contributed by atoms with Gasteiger partial charge in [0.1, 0.15) is 0 Å². The number of nitrogens with zero attached hydrogens (tertiary/aromatic N) is 5. The lowest BCUT2D eigenvalue weighted by molar-refractivity contribution is -0.193. The van der Waals surface area contributed by atoms with Gasteiger partial charge < -0.3 is 20.0 Å². The molecule has 2 aliphatic heterocycles. The van der Waals surface area contributed by atoms with Crippen molar-refractivity contribution in [2.45, 2.75) is 19.3 Å². The number of hydrogen-bond donors (Lipinski definition) is 3. The number of nitrogens with one attached hydrogen (secondary N) is 1. The number of aryl methyl sites for hydroxylation is 1. The van der Waals surface area contributed by atoms with E-state index in [1.54, 1.807) is 0 Å². The molecule has 0 radical (unpaired) electrons. The molecule has 212 valence electrons. The molecule has 0 bridgehead atoms. The van der Waals surface area contributed by atoms with Crippen LogP contribution in [0.5, 0.6) is 0 Å². The molecule has 5 rings (SSSR count). The number of carboxylic acid groups (broad SMARTS) is 2. The van der Waals surface area contributed by atoms with Crippen LogP contribution in [-0.4, -0.2) is 93.0 Å². The highest BCUT2D eigenvalue weighted by Gasteiger charge is 2.40. The maximum absolute atomic E-state index is 10.6. The van der Waals surface area contributed by atoms with Crippen molar-refractivity contribution >= 4 is 28.7 Å². The number of benzene rings is 1. The van der Waals surface area contributed by atoms with E-state index in [1.807, 2.05) is 13.0 Å². The van der Waals surface area contributed by atoms with Gasteiger partial charge in [-0.3, -0.25) is 5.10 Å². The molecular weight excluding hydrogens is 538 g/mol. The summed E-state index contributed by atoms with van der Waals surface area (Å²) in [5.74, 6) is -2.96. The topological polar surface area (TPSA) is 136 Å². The number of aliphatic carboxylic acids is 2. The number of rotatable bonds is 2. The Hall–Kier alpha value is -3.95. The minimum absolute atomic E-state index is 0.776. The van der Waals surface area contributed by atoms with Gasteiger partial charge in [0.05, 0.1) is 11.2 Å². The zero-order valence-electron chi connectivity index (χ0n) is 20.6. The monoisotopic (exact) mass is 562 g/mol. The third-order valence-electron chi connectivity index (χ3n) is 6.17. The zero-order chi connectivity index (χ0) is 29.1. The number of hydrogen-bond acceptors (Lipinski definition) is 7. The Bertz CT molecular complexity index is 1270. The lowest BCUT2D eigenvalue weighted by Gasteiger charge is -2.19. The van der Waals surface area contributed by atoms with Crippen molar-refractivity contribution < 1.29 is 46.1 Å². The number of likely N-dealkylation sites (tertiary alicyclic amines) is 1. The van der Waals surface area contributed by atoms with Crippen LogP contribution in [0.15, 0.2) is 30.3 Å². The average molecular weight is 562 g/mol. The predicted molar refractivity (Wildman–Crippen MR) is 126 cm³/mol. The second-order valence-corrected chi connectivity index (χ2v) is 9.11. The molecule has 2 fully saturated rings. The molecule has 3 N–H and O–H groups in total. The molecule has 1 aromatic carbocycles. The summed E-state index contributed by atoms with van der Waals surface area (Å²) in [5, 5.41) is 31.7. The normalized spacial score (nSPS) is 19.1. The Labute approximate surface area is 217 Å². The molecule has 0 saturated carbocycles. The molecule has 0 aliphatic carbocycles. The summed E-state index contributed by atoms with van der Waals surface area (Å²) in [6, 6.07) is 10.4. The summed E-state index contributed by atoms with van der Waals surface area (Å²) in [5.41, 5.74) is 4.05. The Morgan fingerprint density at radius 3 is 1.90 bits per heavy atom. The Kier molecular flexibility index (Phi) is 8.67. The lowest BCUT2D eigenvalue weighted by Crippen LogP contribution is -2.27. The molecule has 0 spiro atoms. The number of carbonyl (C=O) groups is 2. The van der Waals surface area contributed by atoms with E-state index < -0.39 is 24.3 Å². The molecule has 10 nitrogen and oxygen atoms in total. The van der Waals surface area contributed by atoms with E-state index in [2.05, 4.69) is 61.5 Å². The van der Waals surface area contributed by atoms with Gasteiger partial charge in [0.25, 0.3) is 0 Å². The lowest BCUT2D eigenvalue weighted by atomic mass is 10.0. The van der Waals surface area contributed by atoms with E-state index in [0.717, 1.165) is 58.6 Å². The Balaban J connectivity index is 0.000000251. The summed E-state index contributed by atoms with van der Waals surface area (Å²) in [6.45, 7) is 6.65. The second kappa shape index (κ2) is 11.4. The van der Waals surface area contributed by atoms with Gasteiger partial charge in [0.2, 0.25) is 0 Å². The predicted octanol–water partition coefficient (Wildman–Crippen LogP) is 3.59. The maximum Gasteiger partial charge on any atom is 0.490 e. The van der Waals surface area contributed by atoms with Gasteiger partial charge in [-0.2, -0.15) is 31.4 Å². The minimum Gasteiger partial charge on any atom is -0.475 e. The molecular formula is C23H24F6N6O4. The number of aromatic amines is 1. The molecule has 2 aliphatic rings. The Morgan fingerprint density at radius 1 is 0.897 bits per heavy atom. The summed E-state index contributed by atoms with van der Waals surface area (Å²) in [4.78, 5) is 22.6. The molecule has 2 atom stereocenters. The first-order valence-electron chi connectivity index (χ1n) is 11.4. The highest BCUT2D eigenvalue weighted by molar-refractivity contribution is 5.85. The van der Waals surface area contributed by atoms with Gasteiger partial charge in [-0.05, 0) is 50.1 Å². The highest BCUT2D eigenvalue weighted by Crippen LogP contribution is 2.33. The fourth-order valence-electron chi connectivity index (χ4n) is 4.36. The van der Waals surface area contributed by atoms with Gasteiger partial charge in [-0.25, -0.2) is 9.59 Å². The summed E-state index contributed by atoms with van der Waals surface area (Å²) in [6.07, 6.45) is -10.2. The highest BCUT2D eigenvalue weighted by atomic mass is 19.4. The zero-order valence-corrected chi connectivity index (χ0v) is 20.6. The third-order valence-corrected chi connectivity index (χ3v) is 6.17. The fraction of sp³-hybridized carbons (Fsp3) is 0.435. The van der Waals surface area contributed by atoms with Crippen LogP contribution in [0.3, 0.4) is 0 Å². The first-order chi connectivity index (χ1) is 18.1. The number of H-pyrrole nitrogens is 1. The van der Waals surface area contributed by atoms with E-state index in [9.17, 15) is 26.3 Å². The van der Waals surface area contributed by atoms with E-state index in [0.29, 0.717) is 0 Å². The van der Waals surface area contributed by atoms with Crippen molar-refractivity contribution in [3.05, 3.63) is 36.0 Å². The largest absolute Gasteiger partial charge is 0.490 e. The minimum atomic E-state index is -5.08. The fourth-order valence-corrected chi connectivity index (χ4v) is 4.36. The van der Waals surface area contributed by atoms with Crippen LogP contribution in [0.1, 0.15) is 5.69 Å². The van der Waals surface area contributed by atoms with Crippen LogP contribution >= 0.6 is 0 Å². The smallest absolute Gasteiger partial charge is 0.475 e. The van der Waals surface area contributed by atoms with Crippen molar-refractivity contribution in [3.63, 3.8) is 0 Å². The van der Waals surface area contributed by atoms with E-state index in [-0.39, 0.29) is 0 Å². The quantitative estimate of drug-likeness (QED) is 0.401. The summed E-state index contributed by atoms with van der Waals surface area (Å²) < 4.78 is 63.5. The van der Waals surface area contributed by atoms with Crippen molar-refractivity contribution in [2.75, 3.05) is 38.1 Å². The first kappa shape index (κ1) is 29.6. The average Bonchev–Trinajstić information content (AvgIpc) is 3.51. The molecule has 2 unspecified atom stereocenters. The van der Waals surface area contributed by atoms with Crippen LogP contribution in [0.4, 0.5) is 32.2 Å².